The van der Waals surface area contributed by atoms with Gasteiger partial charge in [0, 0.05) is 26.2 Å². The summed E-state index contributed by atoms with van der Waals surface area (Å²) >= 11 is 0. The molecule has 1 N–H and O–H groups in total. The number of hydrogen-bond acceptors (Lipinski definition) is 5. The Bertz CT molecular complexity index is 299. The van der Waals surface area contributed by atoms with Crippen LogP contribution in [0.5, 0.6) is 0 Å². The summed E-state index contributed by atoms with van der Waals surface area (Å²) in [7, 11) is 1.98. The normalized spacial score (nSPS) is 22.6. The Balaban J connectivity index is 0.000000224. The molecule has 0 bridgehead atoms. The zero-order valence-electron chi connectivity index (χ0n) is 14.5. The van der Waals surface area contributed by atoms with Gasteiger partial charge in [-0.1, -0.05) is 13.8 Å². The van der Waals surface area contributed by atoms with E-state index in [-0.39, 0.29) is 18.6 Å². The van der Waals surface area contributed by atoms with Crippen LogP contribution in [0.3, 0.4) is 0 Å². The highest BCUT2D eigenvalue weighted by Crippen LogP contribution is 2.07. The van der Waals surface area contributed by atoms with Gasteiger partial charge >= 0.3 is 0 Å². The molecule has 2 fully saturated rings. The van der Waals surface area contributed by atoms with Crippen LogP contribution in [-0.4, -0.2) is 97.9 Å². The summed E-state index contributed by atoms with van der Waals surface area (Å²) in [5.41, 5.74) is 0. The third kappa shape index (κ3) is 7.05. The maximum atomic E-state index is 11.5. The number of amides is 1. The number of rotatable bonds is 5. The number of likely N-dealkylation sites (tertiary alicyclic amines) is 1. The largest absolute Gasteiger partial charge is 0.394 e. The highest BCUT2D eigenvalue weighted by Gasteiger charge is 2.18. The van der Waals surface area contributed by atoms with Crippen LogP contribution in [0.4, 0.5) is 0 Å². The molecular weight excluding hydrogens is 282 g/mol. The minimum atomic E-state index is 0.0497. The van der Waals surface area contributed by atoms with Gasteiger partial charge in [0.1, 0.15) is 0 Å². The molecule has 0 aromatic rings. The van der Waals surface area contributed by atoms with Gasteiger partial charge in [0.25, 0.3) is 0 Å². The Labute approximate surface area is 135 Å². The topological polar surface area (TPSA) is 56.3 Å². The molecule has 2 aliphatic rings. The second-order valence-electron chi connectivity index (χ2n) is 5.99. The molecule has 0 spiro atoms. The Morgan fingerprint density at radius 1 is 1.27 bits per heavy atom. The number of nitrogens with zero attached hydrogens (tertiary/aromatic N) is 3. The molecule has 0 saturated carbocycles. The molecule has 6 heteroatoms. The molecule has 1 atom stereocenters. The maximum absolute atomic E-state index is 11.5. The van der Waals surface area contributed by atoms with Crippen molar-refractivity contribution in [1.82, 2.24) is 14.7 Å². The Morgan fingerprint density at radius 2 is 1.95 bits per heavy atom. The second-order valence-corrected chi connectivity index (χ2v) is 5.99. The van der Waals surface area contributed by atoms with E-state index in [0.29, 0.717) is 6.54 Å². The highest BCUT2D eigenvalue weighted by atomic mass is 16.5. The van der Waals surface area contributed by atoms with Crippen LogP contribution in [0.15, 0.2) is 0 Å². The molecule has 1 amide bonds. The van der Waals surface area contributed by atoms with Crippen LogP contribution in [0, 0.1) is 0 Å². The first-order valence-corrected chi connectivity index (χ1v) is 8.51. The number of hydrogen-bond donors (Lipinski definition) is 1. The Morgan fingerprint density at radius 3 is 2.50 bits per heavy atom. The van der Waals surface area contributed by atoms with Crippen LogP contribution in [-0.2, 0) is 9.53 Å². The summed E-state index contributed by atoms with van der Waals surface area (Å²) in [6, 6.07) is 0. The van der Waals surface area contributed by atoms with Crippen LogP contribution < -0.4 is 0 Å². The fraction of sp³-hybridized carbons (Fsp3) is 0.938. The van der Waals surface area contributed by atoms with Crippen molar-refractivity contribution in [1.29, 1.82) is 0 Å². The van der Waals surface area contributed by atoms with E-state index in [0.717, 1.165) is 45.9 Å². The molecule has 0 radical (unpaired) electrons. The lowest BCUT2D eigenvalue weighted by atomic mass is 10.3. The van der Waals surface area contributed by atoms with Gasteiger partial charge in [0.05, 0.1) is 25.9 Å². The first-order valence-electron chi connectivity index (χ1n) is 8.51. The number of carbonyl (C=O) groups excluding carboxylic acids is 1. The fourth-order valence-electron chi connectivity index (χ4n) is 2.59. The first-order chi connectivity index (χ1) is 10.6. The molecule has 2 saturated heterocycles. The smallest absolute Gasteiger partial charge is 0.236 e. The molecular formula is C16H33N3O3. The van der Waals surface area contributed by atoms with Crippen molar-refractivity contribution >= 4 is 5.91 Å². The third-order valence-corrected chi connectivity index (χ3v) is 4.28. The first kappa shape index (κ1) is 19.4. The van der Waals surface area contributed by atoms with Gasteiger partial charge in [-0.3, -0.25) is 14.6 Å². The lowest BCUT2D eigenvalue weighted by Crippen LogP contribution is -2.43. The van der Waals surface area contributed by atoms with E-state index < -0.39 is 0 Å². The molecule has 2 rings (SSSR count). The average molecular weight is 315 g/mol. The zero-order chi connectivity index (χ0) is 16.4. The van der Waals surface area contributed by atoms with Crippen molar-refractivity contribution < 1.29 is 14.6 Å². The van der Waals surface area contributed by atoms with Gasteiger partial charge in [-0.05, 0) is 33.0 Å². The maximum Gasteiger partial charge on any atom is 0.236 e. The van der Waals surface area contributed by atoms with Crippen molar-refractivity contribution in [3.63, 3.8) is 0 Å². The molecule has 1 unspecified atom stereocenters. The quantitative estimate of drug-likeness (QED) is 0.789. The minimum absolute atomic E-state index is 0.0497. The second kappa shape index (κ2) is 10.9. The number of likely N-dealkylation sites (N-methyl/N-ethyl adjacent to an activating group) is 2. The molecule has 6 nitrogen and oxygen atoms in total. The molecule has 22 heavy (non-hydrogen) atoms. The van der Waals surface area contributed by atoms with E-state index in [1.165, 1.54) is 12.8 Å². The SMILES string of the molecule is CCN(C)CC(=O)N1CCCC1.CCN1CCOC(CO)C1. The van der Waals surface area contributed by atoms with Crippen LogP contribution in [0.2, 0.25) is 0 Å². The summed E-state index contributed by atoms with van der Waals surface area (Å²) in [6.07, 6.45) is 2.41. The Kier molecular flexibility index (Phi) is 9.63. The lowest BCUT2D eigenvalue weighted by molar-refractivity contribution is -0.130. The number of morpholine rings is 1. The predicted molar refractivity (Wildman–Crippen MR) is 87.9 cm³/mol. The van der Waals surface area contributed by atoms with Gasteiger partial charge in [-0.2, -0.15) is 0 Å². The van der Waals surface area contributed by atoms with Crippen molar-refractivity contribution in [2.45, 2.75) is 32.8 Å². The minimum Gasteiger partial charge on any atom is -0.394 e. The number of carbonyl (C=O) groups is 1. The predicted octanol–water partition coefficient (Wildman–Crippen LogP) is 0.260. The molecule has 0 aromatic carbocycles. The summed E-state index contributed by atoms with van der Waals surface area (Å²) in [5, 5.41) is 8.75. The number of aliphatic hydroxyl groups excluding tert-OH is 1. The van der Waals surface area contributed by atoms with E-state index >= 15 is 0 Å². The zero-order valence-corrected chi connectivity index (χ0v) is 14.5. The summed E-state index contributed by atoms with van der Waals surface area (Å²) in [6.45, 7) is 11.5. The monoisotopic (exact) mass is 315 g/mol. The van der Waals surface area contributed by atoms with Crippen LogP contribution in [0.1, 0.15) is 26.7 Å². The fourth-order valence-corrected chi connectivity index (χ4v) is 2.59. The molecule has 0 aromatic heterocycles. The summed E-state index contributed by atoms with van der Waals surface area (Å²) in [5.74, 6) is 0.289. The van der Waals surface area contributed by atoms with Gasteiger partial charge in [-0.25, -0.2) is 0 Å². The summed E-state index contributed by atoms with van der Waals surface area (Å²) in [4.78, 5) is 17.8. The number of aliphatic hydroxyl groups is 1. The molecule has 2 heterocycles. The third-order valence-electron chi connectivity index (χ3n) is 4.28. The Hall–Kier alpha value is -0.690. The van der Waals surface area contributed by atoms with Crippen LogP contribution >= 0.6 is 0 Å². The van der Waals surface area contributed by atoms with Gasteiger partial charge in [0.15, 0.2) is 0 Å². The highest BCUT2D eigenvalue weighted by molar-refractivity contribution is 5.78. The number of ether oxygens (including phenoxy) is 1. The molecule has 2 aliphatic heterocycles. The summed E-state index contributed by atoms with van der Waals surface area (Å²) < 4.78 is 5.27. The van der Waals surface area contributed by atoms with E-state index in [9.17, 15) is 4.79 Å². The van der Waals surface area contributed by atoms with Crippen molar-refractivity contribution in [3.05, 3.63) is 0 Å². The van der Waals surface area contributed by atoms with Gasteiger partial charge in [0.2, 0.25) is 5.91 Å². The van der Waals surface area contributed by atoms with Gasteiger partial charge < -0.3 is 14.7 Å². The van der Waals surface area contributed by atoms with E-state index in [2.05, 4.69) is 18.7 Å². The van der Waals surface area contributed by atoms with Crippen LogP contribution in [0.25, 0.3) is 0 Å². The van der Waals surface area contributed by atoms with Crippen molar-refractivity contribution in [2.24, 2.45) is 0 Å². The standard InChI is InChI=1S/C9H18N2O.C7H15NO2/c1-3-10(2)8-9(12)11-6-4-5-7-11;1-2-8-3-4-10-7(5-8)6-9/h3-8H2,1-2H3;7,9H,2-6H2,1H3. The average Bonchev–Trinajstić information content (AvgIpc) is 3.10. The lowest BCUT2D eigenvalue weighted by Gasteiger charge is -2.30. The van der Waals surface area contributed by atoms with E-state index in [1.54, 1.807) is 0 Å². The van der Waals surface area contributed by atoms with Gasteiger partial charge in [-0.15, -0.1) is 0 Å². The molecule has 0 aliphatic carbocycles. The van der Waals surface area contributed by atoms with E-state index in [1.807, 2.05) is 16.8 Å². The van der Waals surface area contributed by atoms with Crippen molar-refractivity contribution in [2.75, 3.05) is 66.1 Å². The van der Waals surface area contributed by atoms with E-state index in [4.69, 9.17) is 9.84 Å². The molecule has 130 valence electrons. The van der Waals surface area contributed by atoms with Crippen molar-refractivity contribution in [3.8, 4) is 0 Å².